The molecule has 0 bridgehead atoms. The maximum atomic E-state index is 11.7. The molecule has 1 aromatic rings. The van der Waals surface area contributed by atoms with E-state index in [4.69, 9.17) is 15.9 Å². The molecule has 0 aliphatic rings. The number of carbonyl (C=O) groups excluding carboxylic acids is 2. The second-order valence-corrected chi connectivity index (χ2v) is 4.26. The van der Waals surface area contributed by atoms with E-state index in [1.54, 1.807) is 18.2 Å². The molecule has 1 aromatic carbocycles. The number of rotatable bonds is 5. The van der Waals surface area contributed by atoms with E-state index < -0.39 is 11.9 Å². The Morgan fingerprint density at radius 2 is 2.21 bits per heavy atom. The first-order valence-corrected chi connectivity index (χ1v) is 6.08. The van der Waals surface area contributed by atoms with Crippen LogP contribution in [0.1, 0.15) is 10.4 Å². The van der Waals surface area contributed by atoms with Gasteiger partial charge in [0.1, 0.15) is 5.75 Å². The smallest absolute Gasteiger partial charge is 0.338 e. The summed E-state index contributed by atoms with van der Waals surface area (Å²) in [5.74, 6) is 1.80. The molecule has 0 atom stereocenters. The molecule has 0 saturated carbocycles. The van der Waals surface area contributed by atoms with Crippen LogP contribution in [0.3, 0.4) is 0 Å². The Kier molecular flexibility index (Phi) is 5.90. The van der Waals surface area contributed by atoms with E-state index in [0.29, 0.717) is 15.8 Å². The number of nitrogens with one attached hydrogen (secondary N) is 1. The molecule has 1 rings (SSSR count). The monoisotopic (exact) mass is 325 g/mol. The predicted octanol–water partition coefficient (Wildman–Crippen LogP) is 1.36. The number of methoxy groups -OCH3 is 1. The maximum absolute atomic E-state index is 11.7. The van der Waals surface area contributed by atoms with E-state index in [1.807, 2.05) is 0 Å². The van der Waals surface area contributed by atoms with Gasteiger partial charge in [0.05, 0.1) is 23.7 Å². The van der Waals surface area contributed by atoms with E-state index in [2.05, 4.69) is 27.2 Å². The Bertz CT molecular complexity index is 522. The Hall–Kier alpha value is -2.00. The molecular weight excluding hydrogens is 314 g/mol. The summed E-state index contributed by atoms with van der Waals surface area (Å²) in [7, 11) is 1.52. The zero-order chi connectivity index (χ0) is 14.3. The van der Waals surface area contributed by atoms with Gasteiger partial charge in [-0.25, -0.2) is 4.79 Å². The van der Waals surface area contributed by atoms with Crippen LogP contribution in [0.15, 0.2) is 22.7 Å². The van der Waals surface area contributed by atoms with Crippen molar-refractivity contribution in [1.29, 1.82) is 0 Å². The van der Waals surface area contributed by atoms with Crippen molar-refractivity contribution >= 4 is 27.8 Å². The van der Waals surface area contributed by atoms with Gasteiger partial charge in [-0.1, -0.05) is 5.92 Å². The average molecular weight is 326 g/mol. The molecule has 100 valence electrons. The van der Waals surface area contributed by atoms with Crippen molar-refractivity contribution in [1.82, 2.24) is 5.32 Å². The first-order chi connectivity index (χ1) is 9.08. The fourth-order valence-corrected chi connectivity index (χ4v) is 1.75. The van der Waals surface area contributed by atoms with Crippen molar-refractivity contribution in [3.63, 3.8) is 0 Å². The minimum atomic E-state index is -0.598. The van der Waals surface area contributed by atoms with Crippen LogP contribution in [0.2, 0.25) is 0 Å². The highest BCUT2D eigenvalue weighted by Gasteiger charge is 2.11. The molecule has 0 aliphatic carbocycles. The van der Waals surface area contributed by atoms with E-state index in [0.717, 1.165) is 0 Å². The van der Waals surface area contributed by atoms with Crippen molar-refractivity contribution in [2.45, 2.75) is 0 Å². The second kappa shape index (κ2) is 7.44. The Labute approximate surface area is 119 Å². The third kappa shape index (κ3) is 4.64. The summed E-state index contributed by atoms with van der Waals surface area (Å²) < 4.78 is 10.5. The van der Waals surface area contributed by atoms with Crippen LogP contribution in [0.25, 0.3) is 0 Å². The topological polar surface area (TPSA) is 64.6 Å². The number of amides is 1. The molecule has 0 aromatic heterocycles. The molecule has 19 heavy (non-hydrogen) atoms. The van der Waals surface area contributed by atoms with Gasteiger partial charge in [-0.2, -0.15) is 0 Å². The number of carbonyl (C=O) groups is 2. The summed E-state index contributed by atoms with van der Waals surface area (Å²) in [6, 6.07) is 4.73. The van der Waals surface area contributed by atoms with Gasteiger partial charge >= 0.3 is 5.97 Å². The Morgan fingerprint density at radius 1 is 1.47 bits per heavy atom. The van der Waals surface area contributed by atoms with Gasteiger partial charge in [0.25, 0.3) is 5.91 Å². The summed E-state index contributed by atoms with van der Waals surface area (Å²) >= 11 is 3.26. The number of halogens is 1. The van der Waals surface area contributed by atoms with Gasteiger partial charge in [0.2, 0.25) is 0 Å². The lowest BCUT2D eigenvalue weighted by molar-refractivity contribution is -0.123. The molecular formula is C13H12BrNO4. The molecule has 0 saturated heterocycles. The number of ether oxygens (including phenoxy) is 2. The molecule has 0 aliphatic heterocycles. The number of hydrogen-bond acceptors (Lipinski definition) is 4. The normalized spacial score (nSPS) is 9.32. The third-order valence-electron chi connectivity index (χ3n) is 2.11. The number of benzene rings is 1. The molecule has 5 nitrogen and oxygen atoms in total. The quantitative estimate of drug-likeness (QED) is 0.656. The van der Waals surface area contributed by atoms with Gasteiger partial charge in [-0.3, -0.25) is 4.79 Å². The van der Waals surface area contributed by atoms with Crippen LogP contribution < -0.4 is 10.1 Å². The molecule has 0 unspecified atom stereocenters. The van der Waals surface area contributed by atoms with Crippen molar-refractivity contribution in [2.24, 2.45) is 0 Å². The summed E-state index contributed by atoms with van der Waals surface area (Å²) in [6.45, 7) is -0.269. The highest BCUT2D eigenvalue weighted by atomic mass is 79.9. The molecule has 0 radical (unpaired) electrons. The number of esters is 1. The zero-order valence-electron chi connectivity index (χ0n) is 10.2. The van der Waals surface area contributed by atoms with E-state index >= 15 is 0 Å². The largest absolute Gasteiger partial charge is 0.496 e. The van der Waals surface area contributed by atoms with Crippen LogP contribution >= 0.6 is 15.9 Å². The van der Waals surface area contributed by atoms with Crippen LogP contribution in [-0.4, -0.2) is 32.1 Å². The standard InChI is InChI=1S/C13H12BrNO4/c1-3-6-15-12(16)8-19-13(17)9-4-5-11(18-2)10(14)7-9/h1,4-5,7H,6,8H2,2H3,(H,15,16). The Balaban J connectivity index is 2.57. The van der Waals surface area contributed by atoms with Crippen molar-refractivity contribution in [3.05, 3.63) is 28.2 Å². The maximum Gasteiger partial charge on any atom is 0.338 e. The van der Waals surface area contributed by atoms with E-state index in [-0.39, 0.29) is 13.2 Å². The van der Waals surface area contributed by atoms with Gasteiger partial charge in [0.15, 0.2) is 6.61 Å². The molecule has 0 fully saturated rings. The lowest BCUT2D eigenvalue weighted by Gasteiger charge is -2.07. The number of hydrogen-bond donors (Lipinski definition) is 1. The van der Waals surface area contributed by atoms with Gasteiger partial charge < -0.3 is 14.8 Å². The summed E-state index contributed by atoms with van der Waals surface area (Å²) in [5.41, 5.74) is 0.317. The lowest BCUT2D eigenvalue weighted by atomic mass is 10.2. The minimum absolute atomic E-state index is 0.102. The van der Waals surface area contributed by atoms with E-state index in [9.17, 15) is 9.59 Å². The van der Waals surface area contributed by atoms with Crippen LogP contribution in [0, 0.1) is 12.3 Å². The van der Waals surface area contributed by atoms with Gasteiger partial charge in [-0.05, 0) is 34.1 Å². The first-order valence-electron chi connectivity index (χ1n) is 5.29. The SMILES string of the molecule is C#CCNC(=O)COC(=O)c1ccc(OC)c(Br)c1. The molecule has 1 N–H and O–H groups in total. The zero-order valence-corrected chi connectivity index (χ0v) is 11.8. The van der Waals surface area contributed by atoms with Crippen molar-refractivity contribution < 1.29 is 19.1 Å². The van der Waals surface area contributed by atoms with E-state index in [1.165, 1.54) is 7.11 Å². The molecule has 1 amide bonds. The van der Waals surface area contributed by atoms with Gasteiger partial charge in [0, 0.05) is 0 Å². The number of terminal acetylenes is 1. The fourth-order valence-electron chi connectivity index (χ4n) is 1.21. The molecule has 6 heteroatoms. The molecule has 0 spiro atoms. The van der Waals surface area contributed by atoms with Crippen LogP contribution in [-0.2, 0) is 9.53 Å². The summed E-state index contributed by atoms with van der Waals surface area (Å²) in [5, 5.41) is 2.39. The highest BCUT2D eigenvalue weighted by Crippen LogP contribution is 2.25. The van der Waals surface area contributed by atoms with Crippen molar-refractivity contribution in [3.8, 4) is 18.1 Å². The second-order valence-electron chi connectivity index (χ2n) is 3.41. The Morgan fingerprint density at radius 3 is 2.79 bits per heavy atom. The third-order valence-corrected chi connectivity index (χ3v) is 2.73. The lowest BCUT2D eigenvalue weighted by Crippen LogP contribution is -2.28. The molecule has 0 heterocycles. The predicted molar refractivity (Wildman–Crippen MR) is 72.8 cm³/mol. The summed E-state index contributed by atoms with van der Waals surface area (Å²) in [6.07, 6.45) is 4.98. The first kappa shape index (κ1) is 15.1. The van der Waals surface area contributed by atoms with Crippen LogP contribution in [0.5, 0.6) is 5.75 Å². The van der Waals surface area contributed by atoms with Crippen molar-refractivity contribution in [2.75, 3.05) is 20.3 Å². The highest BCUT2D eigenvalue weighted by molar-refractivity contribution is 9.10. The summed E-state index contributed by atoms with van der Waals surface area (Å²) in [4.78, 5) is 22.9. The van der Waals surface area contributed by atoms with Crippen LogP contribution in [0.4, 0.5) is 0 Å². The average Bonchev–Trinajstić information content (AvgIpc) is 2.42. The minimum Gasteiger partial charge on any atom is -0.496 e. The fraction of sp³-hybridized carbons (Fsp3) is 0.231. The van der Waals surface area contributed by atoms with Gasteiger partial charge in [-0.15, -0.1) is 6.42 Å².